The SMILES string of the molecule is C=C(C)CNC1CCCCC1CC(C)(C)OC(N)=O. The molecule has 2 unspecified atom stereocenters. The second kappa shape index (κ2) is 6.94. The molecular weight excluding hydrogens is 240 g/mol. The number of hydrogen-bond donors (Lipinski definition) is 2. The van der Waals surface area contributed by atoms with Crippen molar-refractivity contribution in [3.05, 3.63) is 12.2 Å². The third kappa shape index (κ3) is 6.10. The number of hydrogen-bond acceptors (Lipinski definition) is 3. The normalized spacial score (nSPS) is 23.9. The largest absolute Gasteiger partial charge is 0.444 e. The van der Waals surface area contributed by atoms with Crippen LogP contribution in [0.4, 0.5) is 4.79 Å². The molecule has 4 nitrogen and oxygen atoms in total. The van der Waals surface area contributed by atoms with Gasteiger partial charge in [0, 0.05) is 12.6 Å². The van der Waals surface area contributed by atoms with Crippen LogP contribution in [0.5, 0.6) is 0 Å². The fourth-order valence-electron chi connectivity index (χ4n) is 2.97. The van der Waals surface area contributed by atoms with Gasteiger partial charge in [0.05, 0.1) is 0 Å². The predicted molar refractivity (Wildman–Crippen MR) is 77.9 cm³/mol. The van der Waals surface area contributed by atoms with E-state index >= 15 is 0 Å². The summed E-state index contributed by atoms with van der Waals surface area (Å²) >= 11 is 0. The first kappa shape index (κ1) is 16.0. The van der Waals surface area contributed by atoms with Crippen LogP contribution in [-0.4, -0.2) is 24.3 Å². The number of ether oxygens (including phenoxy) is 1. The van der Waals surface area contributed by atoms with E-state index < -0.39 is 11.7 Å². The highest BCUT2D eigenvalue weighted by Gasteiger charge is 2.32. The Morgan fingerprint density at radius 1 is 1.42 bits per heavy atom. The minimum Gasteiger partial charge on any atom is -0.444 e. The highest BCUT2D eigenvalue weighted by molar-refractivity contribution is 5.65. The van der Waals surface area contributed by atoms with E-state index in [0.717, 1.165) is 18.5 Å². The first-order valence-electron chi connectivity index (χ1n) is 7.16. The summed E-state index contributed by atoms with van der Waals surface area (Å²) in [5.41, 5.74) is 5.79. The van der Waals surface area contributed by atoms with Crippen molar-refractivity contribution in [2.75, 3.05) is 6.54 Å². The molecule has 0 heterocycles. The van der Waals surface area contributed by atoms with Crippen LogP contribution in [0, 0.1) is 5.92 Å². The molecule has 0 radical (unpaired) electrons. The van der Waals surface area contributed by atoms with Gasteiger partial charge in [-0.05, 0) is 46.0 Å². The van der Waals surface area contributed by atoms with Crippen LogP contribution in [-0.2, 0) is 4.74 Å². The van der Waals surface area contributed by atoms with Crippen LogP contribution in [0.1, 0.15) is 52.9 Å². The van der Waals surface area contributed by atoms with E-state index in [0.29, 0.717) is 12.0 Å². The summed E-state index contributed by atoms with van der Waals surface area (Å²) in [4.78, 5) is 10.9. The van der Waals surface area contributed by atoms with Gasteiger partial charge >= 0.3 is 6.09 Å². The molecule has 0 aliphatic heterocycles. The molecule has 0 spiro atoms. The monoisotopic (exact) mass is 268 g/mol. The van der Waals surface area contributed by atoms with Crippen LogP contribution in [0.3, 0.4) is 0 Å². The van der Waals surface area contributed by atoms with Crippen molar-refractivity contribution >= 4 is 6.09 Å². The van der Waals surface area contributed by atoms with Crippen molar-refractivity contribution in [1.82, 2.24) is 5.32 Å². The Morgan fingerprint density at radius 2 is 2.05 bits per heavy atom. The van der Waals surface area contributed by atoms with E-state index in [1.165, 1.54) is 25.7 Å². The molecule has 3 N–H and O–H groups in total. The number of primary amides is 1. The molecule has 110 valence electrons. The molecule has 1 fully saturated rings. The lowest BCUT2D eigenvalue weighted by molar-refractivity contribution is 0.0168. The molecule has 4 heteroatoms. The Hall–Kier alpha value is -1.03. The number of carbonyl (C=O) groups excluding carboxylic acids is 1. The van der Waals surface area contributed by atoms with Gasteiger partial charge in [-0.15, -0.1) is 0 Å². The topological polar surface area (TPSA) is 64.3 Å². The molecule has 0 aromatic carbocycles. The number of amides is 1. The number of nitrogens with two attached hydrogens (primary N) is 1. The molecule has 0 saturated heterocycles. The van der Waals surface area contributed by atoms with Crippen LogP contribution in [0.2, 0.25) is 0 Å². The fraction of sp³-hybridized carbons (Fsp3) is 0.800. The summed E-state index contributed by atoms with van der Waals surface area (Å²) in [6.45, 7) is 10.7. The third-order valence-corrected chi connectivity index (χ3v) is 3.71. The molecule has 0 aromatic rings. The molecule has 2 atom stereocenters. The summed E-state index contributed by atoms with van der Waals surface area (Å²) in [7, 11) is 0. The van der Waals surface area contributed by atoms with Gasteiger partial charge in [0.15, 0.2) is 0 Å². The van der Waals surface area contributed by atoms with E-state index in [1.807, 2.05) is 20.8 Å². The van der Waals surface area contributed by atoms with Crippen LogP contribution < -0.4 is 11.1 Å². The van der Waals surface area contributed by atoms with Crippen LogP contribution >= 0.6 is 0 Å². The Labute approximate surface area is 116 Å². The van der Waals surface area contributed by atoms with Crippen LogP contribution in [0.25, 0.3) is 0 Å². The standard InChI is InChI=1S/C15H28N2O2/c1-11(2)10-17-13-8-6-5-7-12(13)9-15(3,4)19-14(16)18/h12-13,17H,1,5-10H2,2-4H3,(H2,16,18). The number of nitrogens with one attached hydrogen (secondary N) is 1. The second-order valence-electron chi connectivity index (χ2n) is 6.37. The van der Waals surface area contributed by atoms with Gasteiger partial charge < -0.3 is 15.8 Å². The van der Waals surface area contributed by atoms with Crippen molar-refractivity contribution in [3.63, 3.8) is 0 Å². The van der Waals surface area contributed by atoms with Crippen molar-refractivity contribution in [3.8, 4) is 0 Å². The lowest BCUT2D eigenvalue weighted by Crippen LogP contribution is -2.43. The van der Waals surface area contributed by atoms with Gasteiger partial charge in [-0.2, -0.15) is 0 Å². The minimum atomic E-state index is -0.688. The lowest BCUT2D eigenvalue weighted by atomic mass is 9.78. The van der Waals surface area contributed by atoms with Crippen molar-refractivity contribution in [2.24, 2.45) is 11.7 Å². The first-order valence-corrected chi connectivity index (χ1v) is 7.16. The second-order valence-corrected chi connectivity index (χ2v) is 6.37. The molecule has 0 bridgehead atoms. The van der Waals surface area contributed by atoms with Crippen LogP contribution in [0.15, 0.2) is 12.2 Å². The number of carbonyl (C=O) groups is 1. The molecular formula is C15H28N2O2. The smallest absolute Gasteiger partial charge is 0.405 e. The lowest BCUT2D eigenvalue weighted by Gasteiger charge is -2.37. The van der Waals surface area contributed by atoms with Gasteiger partial charge in [-0.1, -0.05) is 25.0 Å². The highest BCUT2D eigenvalue weighted by Crippen LogP contribution is 2.32. The van der Waals surface area contributed by atoms with Gasteiger partial charge in [-0.3, -0.25) is 0 Å². The first-order chi connectivity index (χ1) is 8.80. The molecule has 1 aliphatic carbocycles. The maximum atomic E-state index is 10.9. The van der Waals surface area contributed by atoms with Gasteiger partial charge in [-0.25, -0.2) is 4.79 Å². The fourth-order valence-corrected chi connectivity index (χ4v) is 2.97. The summed E-state index contributed by atoms with van der Waals surface area (Å²) in [6, 6.07) is 0.487. The summed E-state index contributed by atoms with van der Waals surface area (Å²) in [6.07, 6.45) is 5.05. The molecule has 0 aromatic heterocycles. The molecule has 1 aliphatic rings. The van der Waals surface area contributed by atoms with Crippen molar-refractivity contribution < 1.29 is 9.53 Å². The van der Waals surface area contributed by atoms with E-state index in [1.54, 1.807) is 0 Å². The van der Waals surface area contributed by atoms with E-state index in [2.05, 4.69) is 11.9 Å². The zero-order valence-electron chi connectivity index (χ0n) is 12.5. The molecule has 1 amide bonds. The zero-order valence-corrected chi connectivity index (χ0v) is 12.5. The highest BCUT2D eigenvalue weighted by atomic mass is 16.6. The van der Waals surface area contributed by atoms with Gasteiger partial charge in [0.25, 0.3) is 0 Å². The third-order valence-electron chi connectivity index (χ3n) is 3.71. The summed E-state index contributed by atoms with van der Waals surface area (Å²) < 4.78 is 5.21. The average Bonchev–Trinajstić information content (AvgIpc) is 2.25. The quantitative estimate of drug-likeness (QED) is 0.728. The molecule has 1 saturated carbocycles. The Balaban J connectivity index is 2.56. The Kier molecular flexibility index (Phi) is 5.85. The molecule has 1 rings (SSSR count). The summed E-state index contributed by atoms with van der Waals surface area (Å²) in [5, 5.41) is 3.58. The van der Waals surface area contributed by atoms with Crippen molar-refractivity contribution in [2.45, 2.75) is 64.5 Å². The predicted octanol–water partition coefficient (Wildman–Crippen LogP) is 2.97. The summed E-state index contributed by atoms with van der Waals surface area (Å²) in [5.74, 6) is 0.530. The molecule has 19 heavy (non-hydrogen) atoms. The van der Waals surface area contributed by atoms with Gasteiger partial charge in [0.2, 0.25) is 0 Å². The van der Waals surface area contributed by atoms with Crippen molar-refractivity contribution in [1.29, 1.82) is 0 Å². The van der Waals surface area contributed by atoms with E-state index in [9.17, 15) is 4.79 Å². The van der Waals surface area contributed by atoms with E-state index in [-0.39, 0.29) is 0 Å². The zero-order chi connectivity index (χ0) is 14.5. The maximum Gasteiger partial charge on any atom is 0.405 e. The Bertz CT molecular complexity index is 326. The van der Waals surface area contributed by atoms with Gasteiger partial charge in [0.1, 0.15) is 5.60 Å². The number of rotatable bonds is 6. The maximum absolute atomic E-state index is 10.9. The average molecular weight is 268 g/mol. The van der Waals surface area contributed by atoms with E-state index in [4.69, 9.17) is 10.5 Å². The Morgan fingerprint density at radius 3 is 2.63 bits per heavy atom. The minimum absolute atomic E-state index is 0.487.